The number of rotatable bonds is 6. The van der Waals surface area contributed by atoms with Gasteiger partial charge in [-0.05, 0) is 49.7 Å². The number of carbonyl (C=O) groups is 1. The van der Waals surface area contributed by atoms with Crippen LogP contribution in [0.4, 0.5) is 14.5 Å². The first-order chi connectivity index (χ1) is 11.7. The Morgan fingerprint density at radius 1 is 1.12 bits per heavy atom. The van der Waals surface area contributed by atoms with E-state index < -0.39 is 27.6 Å². The topological polar surface area (TPSA) is 75.3 Å². The van der Waals surface area contributed by atoms with Crippen molar-refractivity contribution < 1.29 is 22.0 Å². The monoisotopic (exact) mass is 368 g/mol. The smallest absolute Gasteiger partial charge is 0.255 e. The maximum atomic E-state index is 13.6. The fourth-order valence-electron chi connectivity index (χ4n) is 1.99. The zero-order chi connectivity index (χ0) is 18.6. The molecule has 0 bridgehead atoms. The van der Waals surface area contributed by atoms with Gasteiger partial charge in [0.15, 0.2) is 0 Å². The van der Waals surface area contributed by atoms with Crippen LogP contribution in [0.15, 0.2) is 47.4 Å². The first-order valence-electron chi connectivity index (χ1n) is 7.61. The molecular weight excluding hydrogens is 350 g/mol. The van der Waals surface area contributed by atoms with E-state index in [4.69, 9.17) is 0 Å². The summed E-state index contributed by atoms with van der Waals surface area (Å²) >= 11 is 0. The van der Waals surface area contributed by atoms with Crippen LogP contribution in [0.3, 0.4) is 0 Å². The molecule has 0 spiro atoms. The predicted octanol–water partition coefficient (Wildman–Crippen LogP) is 3.29. The van der Waals surface area contributed by atoms with Crippen LogP contribution in [0, 0.1) is 11.6 Å². The fraction of sp³-hybridized carbons (Fsp3) is 0.235. The second-order valence-electron chi connectivity index (χ2n) is 5.53. The standard InChI is InChI=1S/C17H18F2N2O3S/c1-3-11(2)21-25(23,24)14-7-4-12(5-8-14)17(22)20-16-10-13(18)6-9-15(16)19/h4-11,21H,3H2,1-2H3,(H,20,22). The summed E-state index contributed by atoms with van der Waals surface area (Å²) in [6.07, 6.45) is 0.638. The maximum absolute atomic E-state index is 13.6. The second-order valence-corrected chi connectivity index (χ2v) is 7.25. The third-order valence-electron chi connectivity index (χ3n) is 3.57. The van der Waals surface area contributed by atoms with Crippen LogP contribution in [0.2, 0.25) is 0 Å². The Hall–Kier alpha value is -2.32. The quantitative estimate of drug-likeness (QED) is 0.822. The fourth-order valence-corrected chi connectivity index (χ4v) is 3.32. The number of anilines is 1. The Morgan fingerprint density at radius 3 is 2.36 bits per heavy atom. The van der Waals surface area contributed by atoms with Crippen LogP contribution in [0.25, 0.3) is 0 Å². The third kappa shape index (κ3) is 4.83. The number of hydrogen-bond acceptors (Lipinski definition) is 3. The molecule has 0 aliphatic carbocycles. The van der Waals surface area contributed by atoms with Crippen molar-refractivity contribution in [3.63, 3.8) is 0 Å². The van der Waals surface area contributed by atoms with Crippen LogP contribution < -0.4 is 10.0 Å². The zero-order valence-electron chi connectivity index (χ0n) is 13.7. The van der Waals surface area contributed by atoms with E-state index in [0.717, 1.165) is 18.2 Å². The molecule has 5 nitrogen and oxygen atoms in total. The third-order valence-corrected chi connectivity index (χ3v) is 5.18. The van der Waals surface area contributed by atoms with Gasteiger partial charge in [0.1, 0.15) is 11.6 Å². The molecule has 0 saturated carbocycles. The van der Waals surface area contributed by atoms with Gasteiger partial charge in [-0.2, -0.15) is 0 Å². The largest absolute Gasteiger partial charge is 0.319 e. The molecule has 1 amide bonds. The average Bonchev–Trinajstić information content (AvgIpc) is 2.57. The van der Waals surface area contributed by atoms with Gasteiger partial charge in [0, 0.05) is 17.7 Å². The predicted molar refractivity (Wildman–Crippen MR) is 90.8 cm³/mol. The van der Waals surface area contributed by atoms with Gasteiger partial charge in [-0.25, -0.2) is 21.9 Å². The highest BCUT2D eigenvalue weighted by Gasteiger charge is 2.17. The molecule has 134 valence electrons. The summed E-state index contributed by atoms with van der Waals surface area (Å²) in [7, 11) is -3.68. The lowest BCUT2D eigenvalue weighted by Gasteiger charge is -2.12. The highest BCUT2D eigenvalue weighted by Crippen LogP contribution is 2.17. The molecule has 0 aliphatic rings. The van der Waals surface area contributed by atoms with Gasteiger partial charge in [-0.3, -0.25) is 4.79 Å². The van der Waals surface area contributed by atoms with Crippen molar-refractivity contribution in [1.29, 1.82) is 0 Å². The highest BCUT2D eigenvalue weighted by molar-refractivity contribution is 7.89. The Balaban J connectivity index is 2.16. The Bertz CT molecular complexity index is 868. The number of nitrogens with one attached hydrogen (secondary N) is 2. The number of hydrogen-bond donors (Lipinski definition) is 2. The van der Waals surface area contributed by atoms with E-state index >= 15 is 0 Å². The van der Waals surface area contributed by atoms with Gasteiger partial charge in [0.05, 0.1) is 10.6 Å². The molecule has 1 atom stereocenters. The van der Waals surface area contributed by atoms with Crippen LogP contribution in [-0.4, -0.2) is 20.4 Å². The number of benzene rings is 2. The van der Waals surface area contributed by atoms with Gasteiger partial charge >= 0.3 is 0 Å². The number of halogens is 2. The van der Waals surface area contributed by atoms with Crippen LogP contribution >= 0.6 is 0 Å². The van der Waals surface area contributed by atoms with Gasteiger partial charge in [0.2, 0.25) is 10.0 Å². The van der Waals surface area contributed by atoms with E-state index in [2.05, 4.69) is 10.0 Å². The van der Waals surface area contributed by atoms with Gasteiger partial charge in [0.25, 0.3) is 5.91 Å². The van der Waals surface area contributed by atoms with E-state index in [-0.39, 0.29) is 22.2 Å². The van der Waals surface area contributed by atoms with Gasteiger partial charge in [-0.15, -0.1) is 0 Å². The Kier molecular flexibility index (Phi) is 5.86. The summed E-state index contributed by atoms with van der Waals surface area (Å²) in [6.45, 7) is 3.60. The average molecular weight is 368 g/mol. The van der Waals surface area contributed by atoms with Crippen LogP contribution in [0.1, 0.15) is 30.6 Å². The maximum Gasteiger partial charge on any atom is 0.255 e. The van der Waals surface area contributed by atoms with Crippen molar-refractivity contribution in [3.05, 3.63) is 59.7 Å². The SMILES string of the molecule is CCC(C)NS(=O)(=O)c1ccc(C(=O)Nc2cc(F)ccc2F)cc1. The van der Waals surface area contributed by atoms with Crippen molar-refractivity contribution in [2.24, 2.45) is 0 Å². The summed E-state index contributed by atoms with van der Waals surface area (Å²) in [5, 5.41) is 2.25. The lowest BCUT2D eigenvalue weighted by atomic mass is 10.2. The van der Waals surface area contributed by atoms with Crippen molar-refractivity contribution in [1.82, 2.24) is 4.72 Å². The molecular formula is C17H18F2N2O3S. The summed E-state index contributed by atoms with van der Waals surface area (Å²) in [6, 6.07) is 7.65. The molecule has 25 heavy (non-hydrogen) atoms. The molecule has 2 aromatic carbocycles. The van der Waals surface area contributed by atoms with E-state index in [1.807, 2.05) is 6.92 Å². The van der Waals surface area contributed by atoms with E-state index in [9.17, 15) is 22.0 Å². The number of sulfonamides is 1. The Morgan fingerprint density at radius 2 is 1.76 bits per heavy atom. The van der Waals surface area contributed by atoms with Crippen molar-refractivity contribution in [2.75, 3.05) is 5.32 Å². The molecule has 2 aromatic rings. The van der Waals surface area contributed by atoms with Gasteiger partial charge < -0.3 is 5.32 Å². The minimum atomic E-state index is -3.68. The first-order valence-corrected chi connectivity index (χ1v) is 9.10. The molecule has 0 radical (unpaired) electrons. The molecule has 2 rings (SSSR count). The molecule has 8 heteroatoms. The molecule has 0 heterocycles. The molecule has 0 aromatic heterocycles. The molecule has 0 aliphatic heterocycles. The summed E-state index contributed by atoms with van der Waals surface area (Å²) in [5.41, 5.74) is -0.175. The summed E-state index contributed by atoms with van der Waals surface area (Å²) in [4.78, 5) is 12.1. The molecule has 0 fully saturated rings. The lowest BCUT2D eigenvalue weighted by molar-refractivity contribution is 0.102. The van der Waals surface area contributed by atoms with E-state index in [0.29, 0.717) is 6.42 Å². The molecule has 1 unspecified atom stereocenters. The normalized spacial score (nSPS) is 12.6. The van der Waals surface area contributed by atoms with Crippen molar-refractivity contribution in [2.45, 2.75) is 31.2 Å². The summed E-state index contributed by atoms with van der Waals surface area (Å²) in [5.74, 6) is -2.13. The van der Waals surface area contributed by atoms with Crippen molar-refractivity contribution >= 4 is 21.6 Å². The van der Waals surface area contributed by atoms with Gasteiger partial charge in [-0.1, -0.05) is 6.92 Å². The number of amides is 1. The number of carbonyl (C=O) groups excluding carboxylic acids is 1. The zero-order valence-corrected chi connectivity index (χ0v) is 14.5. The molecule has 0 saturated heterocycles. The molecule has 2 N–H and O–H groups in total. The lowest BCUT2D eigenvalue weighted by Crippen LogP contribution is -2.32. The minimum absolute atomic E-state index is 0.0151. The van der Waals surface area contributed by atoms with E-state index in [1.54, 1.807) is 6.92 Å². The summed E-state index contributed by atoms with van der Waals surface area (Å²) < 4.78 is 53.5. The highest BCUT2D eigenvalue weighted by atomic mass is 32.2. The Labute approximate surface area is 145 Å². The van der Waals surface area contributed by atoms with E-state index in [1.165, 1.54) is 24.3 Å². The van der Waals surface area contributed by atoms with Crippen molar-refractivity contribution in [3.8, 4) is 0 Å². The van der Waals surface area contributed by atoms with Crippen LogP contribution in [-0.2, 0) is 10.0 Å². The minimum Gasteiger partial charge on any atom is -0.319 e. The first kappa shape index (κ1) is 19.0. The van der Waals surface area contributed by atoms with Crippen LogP contribution in [0.5, 0.6) is 0 Å². The second kappa shape index (κ2) is 7.71.